The topological polar surface area (TPSA) is 52.1 Å². The summed E-state index contributed by atoms with van der Waals surface area (Å²) in [5.74, 6) is -1.16. The molecule has 0 saturated heterocycles. The molecule has 0 aliphatic heterocycles. The first-order valence-corrected chi connectivity index (χ1v) is 3.27. The second kappa shape index (κ2) is 4.19. The van der Waals surface area contributed by atoms with Crippen LogP contribution in [-0.4, -0.2) is 6.29 Å². The molecule has 0 heterocycles. The van der Waals surface area contributed by atoms with E-state index in [2.05, 4.69) is 0 Å². The summed E-state index contributed by atoms with van der Waals surface area (Å²) in [6.45, 7) is 0. The van der Waals surface area contributed by atoms with E-state index in [1.54, 1.807) is 0 Å². The summed E-state index contributed by atoms with van der Waals surface area (Å²) in [6.07, 6.45) is -4.42. The molecule has 78 valence electrons. The summed E-state index contributed by atoms with van der Waals surface area (Å²) >= 11 is 0. The minimum Gasteiger partial charge on any atom is -0.344 e. The molecule has 0 atom stereocenters. The summed E-state index contributed by atoms with van der Waals surface area (Å²) in [5.41, 5.74) is -1.48. The first-order chi connectivity index (χ1) is 5.95. The lowest BCUT2D eigenvalue weighted by Crippen LogP contribution is -2.05. The third kappa shape index (κ3) is 2.53. The summed E-state index contributed by atoms with van der Waals surface area (Å²) in [5, 5.41) is 0. The number of hydrogen-bond acceptors (Lipinski definition) is 2. The van der Waals surface area contributed by atoms with Crippen LogP contribution >= 0.6 is 0 Å². The van der Waals surface area contributed by atoms with Gasteiger partial charge in [-0.05, 0) is 18.2 Å². The second-order valence-corrected chi connectivity index (χ2v) is 2.35. The molecule has 6 heteroatoms. The van der Waals surface area contributed by atoms with Gasteiger partial charge in [-0.3, -0.25) is 4.79 Å². The van der Waals surface area contributed by atoms with Gasteiger partial charge in [-0.25, -0.2) is 4.39 Å². The quantitative estimate of drug-likeness (QED) is 0.571. The van der Waals surface area contributed by atoms with Crippen molar-refractivity contribution >= 4 is 6.29 Å². The van der Waals surface area contributed by atoms with E-state index in [1.807, 2.05) is 0 Å². The Morgan fingerprint density at radius 2 is 1.79 bits per heavy atom. The smallest absolute Gasteiger partial charge is 0.344 e. The summed E-state index contributed by atoms with van der Waals surface area (Å²) in [6, 6.07) is 1.75. The molecule has 0 aliphatic carbocycles. The molecule has 0 aromatic heterocycles. The zero-order chi connectivity index (χ0) is 10.1. The molecule has 0 bridgehead atoms. The monoisotopic (exact) mass is 209 g/mol. The van der Waals surface area contributed by atoms with Crippen molar-refractivity contribution in [1.29, 1.82) is 0 Å². The highest BCUT2D eigenvalue weighted by Crippen LogP contribution is 2.29. The Hall–Kier alpha value is -1.43. The highest BCUT2D eigenvalue weighted by molar-refractivity contribution is 5.75. The van der Waals surface area contributed by atoms with Gasteiger partial charge in [0.1, 0.15) is 5.82 Å². The van der Waals surface area contributed by atoms with Gasteiger partial charge < -0.3 is 6.15 Å². The molecule has 0 aliphatic rings. The SMILES string of the molecule is N.O=Cc1ccc(C(F)(F)F)cc1F. The standard InChI is InChI=1S/C8H4F4O.H3N/c9-7-3-6(8(10,11)12)2-1-5(7)4-13;/h1-4H;1H3. The lowest BCUT2D eigenvalue weighted by Gasteiger charge is -2.06. The first-order valence-electron chi connectivity index (χ1n) is 3.27. The van der Waals surface area contributed by atoms with Crippen molar-refractivity contribution < 1.29 is 22.4 Å². The fraction of sp³-hybridized carbons (Fsp3) is 0.125. The number of hydrogen-bond donors (Lipinski definition) is 1. The van der Waals surface area contributed by atoms with Crippen LogP contribution in [0.3, 0.4) is 0 Å². The van der Waals surface area contributed by atoms with Crippen molar-refractivity contribution in [3.8, 4) is 0 Å². The number of aldehydes is 1. The summed E-state index contributed by atoms with van der Waals surface area (Å²) < 4.78 is 48.5. The maximum atomic E-state index is 12.6. The Kier molecular flexibility index (Phi) is 3.76. The minimum atomic E-state index is -4.58. The van der Waals surface area contributed by atoms with Gasteiger partial charge in [-0.15, -0.1) is 0 Å². The number of halogens is 4. The van der Waals surface area contributed by atoms with E-state index in [-0.39, 0.29) is 18.0 Å². The molecule has 0 spiro atoms. The average molecular weight is 209 g/mol. The first kappa shape index (κ1) is 12.6. The maximum Gasteiger partial charge on any atom is 0.416 e. The predicted octanol–water partition coefficient (Wildman–Crippen LogP) is 2.82. The Bertz CT molecular complexity index is 335. The van der Waals surface area contributed by atoms with Crippen LogP contribution in [0.5, 0.6) is 0 Å². The zero-order valence-electron chi connectivity index (χ0n) is 6.94. The van der Waals surface area contributed by atoms with E-state index in [4.69, 9.17) is 0 Å². The molecule has 0 fully saturated rings. The molecule has 1 aromatic rings. The molecule has 0 saturated carbocycles. The molecular formula is C8H7F4NO. The molecule has 0 radical (unpaired) electrons. The van der Waals surface area contributed by atoms with Crippen LogP contribution < -0.4 is 6.15 Å². The van der Waals surface area contributed by atoms with Gasteiger partial charge in [0.25, 0.3) is 0 Å². The third-order valence-electron chi connectivity index (χ3n) is 1.45. The highest BCUT2D eigenvalue weighted by Gasteiger charge is 2.30. The van der Waals surface area contributed by atoms with E-state index in [0.717, 1.165) is 6.07 Å². The van der Waals surface area contributed by atoms with Crippen LogP contribution in [-0.2, 0) is 6.18 Å². The van der Waals surface area contributed by atoms with E-state index < -0.39 is 17.6 Å². The fourth-order valence-electron chi connectivity index (χ4n) is 0.799. The van der Waals surface area contributed by atoms with Crippen molar-refractivity contribution in [3.05, 3.63) is 35.1 Å². The van der Waals surface area contributed by atoms with Gasteiger partial charge in [0.15, 0.2) is 6.29 Å². The van der Waals surface area contributed by atoms with E-state index >= 15 is 0 Å². The van der Waals surface area contributed by atoms with Crippen LogP contribution in [0.1, 0.15) is 15.9 Å². The van der Waals surface area contributed by atoms with Crippen LogP contribution in [0.2, 0.25) is 0 Å². The zero-order valence-corrected chi connectivity index (χ0v) is 6.94. The molecule has 0 amide bonds. The van der Waals surface area contributed by atoms with Crippen molar-refractivity contribution in [1.82, 2.24) is 6.15 Å². The lowest BCUT2D eigenvalue weighted by molar-refractivity contribution is -0.137. The molecule has 0 unspecified atom stereocenters. The molecular weight excluding hydrogens is 202 g/mol. The van der Waals surface area contributed by atoms with Gasteiger partial charge in [0.2, 0.25) is 0 Å². The molecule has 14 heavy (non-hydrogen) atoms. The number of carbonyl (C=O) groups is 1. The Morgan fingerprint density at radius 3 is 2.14 bits per heavy atom. The average Bonchev–Trinajstić information content (AvgIpc) is 2.02. The number of benzene rings is 1. The minimum absolute atomic E-state index is 0. The predicted molar refractivity (Wildman–Crippen MR) is 41.8 cm³/mol. The molecule has 3 N–H and O–H groups in total. The number of alkyl halides is 3. The number of rotatable bonds is 1. The summed E-state index contributed by atoms with van der Waals surface area (Å²) in [4.78, 5) is 10.1. The van der Waals surface area contributed by atoms with E-state index in [9.17, 15) is 22.4 Å². The van der Waals surface area contributed by atoms with Crippen LogP contribution in [0.15, 0.2) is 18.2 Å². The van der Waals surface area contributed by atoms with Crippen LogP contribution in [0.4, 0.5) is 17.6 Å². The Labute approximate surface area is 77.1 Å². The highest BCUT2D eigenvalue weighted by atomic mass is 19.4. The largest absolute Gasteiger partial charge is 0.416 e. The van der Waals surface area contributed by atoms with Crippen LogP contribution in [0.25, 0.3) is 0 Å². The third-order valence-corrected chi connectivity index (χ3v) is 1.45. The van der Waals surface area contributed by atoms with Gasteiger partial charge in [0.05, 0.1) is 11.1 Å². The number of carbonyl (C=O) groups excluding carboxylic acids is 1. The van der Waals surface area contributed by atoms with E-state index in [1.165, 1.54) is 0 Å². The molecule has 2 nitrogen and oxygen atoms in total. The maximum absolute atomic E-state index is 12.6. The fourth-order valence-corrected chi connectivity index (χ4v) is 0.799. The summed E-state index contributed by atoms with van der Waals surface area (Å²) in [7, 11) is 0. The normalized spacial score (nSPS) is 10.6. The lowest BCUT2D eigenvalue weighted by atomic mass is 10.1. The van der Waals surface area contributed by atoms with Crippen molar-refractivity contribution in [2.24, 2.45) is 0 Å². The van der Waals surface area contributed by atoms with E-state index in [0.29, 0.717) is 12.1 Å². The Morgan fingerprint density at radius 1 is 1.21 bits per heavy atom. The van der Waals surface area contributed by atoms with Gasteiger partial charge in [-0.1, -0.05) is 0 Å². The van der Waals surface area contributed by atoms with Gasteiger partial charge in [-0.2, -0.15) is 13.2 Å². The van der Waals surface area contributed by atoms with Crippen LogP contribution in [0, 0.1) is 5.82 Å². The second-order valence-electron chi connectivity index (χ2n) is 2.35. The molecule has 1 rings (SSSR count). The van der Waals surface area contributed by atoms with Gasteiger partial charge >= 0.3 is 6.18 Å². The molecule has 1 aromatic carbocycles. The van der Waals surface area contributed by atoms with Crippen molar-refractivity contribution in [2.45, 2.75) is 6.18 Å². The van der Waals surface area contributed by atoms with Crippen molar-refractivity contribution in [3.63, 3.8) is 0 Å². The van der Waals surface area contributed by atoms with Crippen molar-refractivity contribution in [2.75, 3.05) is 0 Å². The Balaban J connectivity index is 0.00000169. The van der Waals surface area contributed by atoms with Gasteiger partial charge in [0, 0.05) is 0 Å².